The zero-order valence-electron chi connectivity index (χ0n) is 11.4. The van der Waals surface area contributed by atoms with Crippen molar-refractivity contribution < 1.29 is 23.1 Å². The average Bonchev–Trinajstić information content (AvgIpc) is 2.45. The Morgan fingerprint density at radius 3 is 2.67 bits per heavy atom. The van der Waals surface area contributed by atoms with Gasteiger partial charge in [-0.05, 0) is 37.0 Å². The topological polar surface area (TPSA) is 66.6 Å². The minimum absolute atomic E-state index is 0.0526. The van der Waals surface area contributed by atoms with Crippen molar-refractivity contribution in [3.63, 3.8) is 0 Å². The summed E-state index contributed by atoms with van der Waals surface area (Å²) in [5, 5.41) is 9.01. The van der Waals surface area contributed by atoms with Crippen LogP contribution in [-0.2, 0) is 17.6 Å². The maximum Gasteiger partial charge on any atom is 0.418 e. The lowest BCUT2D eigenvalue weighted by Crippen LogP contribution is -2.48. The Balaban J connectivity index is 2.48. The second-order valence-corrected chi connectivity index (χ2v) is 5.11. The van der Waals surface area contributed by atoms with Crippen LogP contribution in [0.4, 0.5) is 18.9 Å². The van der Waals surface area contributed by atoms with E-state index in [1.165, 1.54) is 17.0 Å². The molecule has 1 fully saturated rings. The molecule has 1 saturated heterocycles. The number of piperidine rings is 1. The molecule has 1 heterocycles. The van der Waals surface area contributed by atoms with E-state index in [0.29, 0.717) is 19.4 Å². The Hall–Kier alpha value is -1.76. The average molecular weight is 302 g/mol. The molecule has 2 rings (SSSR count). The van der Waals surface area contributed by atoms with E-state index in [4.69, 9.17) is 10.8 Å². The first-order chi connectivity index (χ1) is 9.84. The van der Waals surface area contributed by atoms with Crippen LogP contribution in [0.2, 0.25) is 0 Å². The molecule has 1 aromatic rings. The van der Waals surface area contributed by atoms with Gasteiger partial charge in [-0.3, -0.25) is 4.79 Å². The third kappa shape index (κ3) is 3.29. The number of amides is 1. The van der Waals surface area contributed by atoms with Crippen molar-refractivity contribution in [2.45, 2.75) is 38.1 Å². The number of carbonyl (C=O) groups excluding carboxylic acids is 1. The number of halogens is 3. The van der Waals surface area contributed by atoms with Gasteiger partial charge in [-0.25, -0.2) is 0 Å². The Labute approximate surface area is 120 Å². The van der Waals surface area contributed by atoms with Crippen LogP contribution in [0.5, 0.6) is 0 Å². The maximum absolute atomic E-state index is 13.2. The first-order valence-electron chi connectivity index (χ1n) is 6.71. The quantitative estimate of drug-likeness (QED) is 0.898. The number of aliphatic hydroxyl groups is 1. The smallest absolute Gasteiger partial charge is 0.392 e. The summed E-state index contributed by atoms with van der Waals surface area (Å²) >= 11 is 0. The van der Waals surface area contributed by atoms with Gasteiger partial charge in [-0.1, -0.05) is 6.07 Å². The number of aliphatic hydroxyl groups excluding tert-OH is 1. The molecule has 0 radical (unpaired) electrons. The molecule has 116 valence electrons. The first kappa shape index (κ1) is 15.6. The highest BCUT2D eigenvalue weighted by molar-refractivity contribution is 5.84. The minimum Gasteiger partial charge on any atom is -0.392 e. The third-order valence-electron chi connectivity index (χ3n) is 3.69. The number of anilines is 1. The summed E-state index contributed by atoms with van der Waals surface area (Å²) in [6, 6.07) is 2.93. The van der Waals surface area contributed by atoms with Gasteiger partial charge in [0.05, 0.1) is 12.2 Å². The summed E-state index contributed by atoms with van der Waals surface area (Å²) in [5.74, 6) is -0.617. The molecule has 0 aromatic heterocycles. The second kappa shape index (κ2) is 5.93. The van der Waals surface area contributed by atoms with Gasteiger partial charge in [0.25, 0.3) is 0 Å². The predicted molar refractivity (Wildman–Crippen MR) is 71.5 cm³/mol. The summed E-state index contributed by atoms with van der Waals surface area (Å²) < 4.78 is 39.7. The van der Waals surface area contributed by atoms with Crippen molar-refractivity contribution in [3.8, 4) is 0 Å². The van der Waals surface area contributed by atoms with Gasteiger partial charge >= 0.3 is 6.18 Å². The van der Waals surface area contributed by atoms with E-state index >= 15 is 0 Å². The van der Waals surface area contributed by atoms with Crippen LogP contribution >= 0.6 is 0 Å². The fraction of sp³-hybridized carbons (Fsp3) is 0.500. The van der Waals surface area contributed by atoms with Crippen LogP contribution in [0.1, 0.15) is 30.4 Å². The van der Waals surface area contributed by atoms with Crippen molar-refractivity contribution in [1.29, 1.82) is 0 Å². The number of carbonyl (C=O) groups is 1. The van der Waals surface area contributed by atoms with Crippen molar-refractivity contribution >= 4 is 11.6 Å². The van der Waals surface area contributed by atoms with Crippen molar-refractivity contribution in [2.24, 2.45) is 5.73 Å². The molecule has 0 aliphatic carbocycles. The monoisotopic (exact) mass is 302 g/mol. The Morgan fingerprint density at radius 1 is 1.38 bits per heavy atom. The zero-order valence-corrected chi connectivity index (χ0v) is 11.4. The van der Waals surface area contributed by atoms with Crippen LogP contribution < -0.4 is 10.6 Å². The molecule has 0 spiro atoms. The molecule has 1 unspecified atom stereocenters. The molecule has 0 bridgehead atoms. The van der Waals surface area contributed by atoms with E-state index in [1.807, 2.05) is 0 Å². The zero-order chi connectivity index (χ0) is 15.6. The number of nitrogens with zero attached hydrogens (tertiary/aromatic N) is 1. The second-order valence-electron chi connectivity index (χ2n) is 5.11. The summed E-state index contributed by atoms with van der Waals surface area (Å²) in [6.07, 6.45) is -2.63. The molecule has 1 aliphatic heterocycles. The summed E-state index contributed by atoms with van der Waals surface area (Å²) in [4.78, 5) is 12.9. The molecule has 0 saturated carbocycles. The van der Waals surface area contributed by atoms with E-state index in [9.17, 15) is 18.0 Å². The first-order valence-corrected chi connectivity index (χ1v) is 6.71. The molecular weight excluding hydrogens is 285 g/mol. The molecule has 7 heteroatoms. The fourth-order valence-electron chi connectivity index (χ4n) is 2.67. The maximum atomic E-state index is 13.2. The van der Waals surface area contributed by atoms with Crippen LogP contribution in [0.3, 0.4) is 0 Å². The molecule has 1 aromatic carbocycles. The number of rotatable bonds is 3. The number of hydrogen-bond donors (Lipinski definition) is 2. The van der Waals surface area contributed by atoms with Gasteiger partial charge in [0.2, 0.25) is 5.91 Å². The number of nitrogens with two attached hydrogens (primary N) is 1. The van der Waals surface area contributed by atoms with Crippen molar-refractivity contribution in [3.05, 3.63) is 29.3 Å². The molecule has 21 heavy (non-hydrogen) atoms. The predicted octanol–water partition coefficient (Wildman–Crippen LogP) is 2.04. The van der Waals surface area contributed by atoms with Crippen LogP contribution in [0.25, 0.3) is 0 Å². The highest BCUT2D eigenvalue weighted by atomic mass is 19.4. The van der Waals surface area contributed by atoms with Gasteiger partial charge in [0.1, 0.15) is 6.04 Å². The molecule has 4 nitrogen and oxygen atoms in total. The Bertz CT molecular complexity index is 531. The highest BCUT2D eigenvalue weighted by Crippen LogP contribution is 2.39. The highest BCUT2D eigenvalue weighted by Gasteiger charge is 2.38. The molecule has 1 amide bonds. The van der Waals surface area contributed by atoms with Gasteiger partial charge in [-0.2, -0.15) is 13.2 Å². The molecule has 1 aliphatic rings. The minimum atomic E-state index is -4.56. The van der Waals surface area contributed by atoms with Crippen molar-refractivity contribution in [1.82, 2.24) is 0 Å². The summed E-state index contributed by atoms with van der Waals surface area (Å²) in [5.41, 5.74) is 4.59. The fourth-order valence-corrected chi connectivity index (χ4v) is 2.67. The van der Waals surface area contributed by atoms with Crippen LogP contribution in [0.15, 0.2) is 18.2 Å². The van der Waals surface area contributed by atoms with E-state index < -0.39 is 30.3 Å². The normalized spacial score (nSPS) is 19.6. The van der Waals surface area contributed by atoms with E-state index in [2.05, 4.69) is 0 Å². The SMILES string of the molecule is NC(=O)C1CCCCN1c1ccc(CO)cc1C(F)(F)F. The molecule has 1 atom stereocenters. The van der Waals surface area contributed by atoms with Gasteiger partial charge in [0, 0.05) is 12.2 Å². The molecule has 3 N–H and O–H groups in total. The van der Waals surface area contributed by atoms with E-state index in [-0.39, 0.29) is 11.3 Å². The molecular formula is C14H17F3N2O2. The standard InChI is InChI=1S/C14H17F3N2O2/c15-14(16,17)10-7-9(8-20)4-5-11(10)19-6-2-1-3-12(19)13(18)21/h4-5,7,12,20H,1-3,6,8H2,(H2,18,21). The van der Waals surface area contributed by atoms with Gasteiger partial charge in [0.15, 0.2) is 0 Å². The van der Waals surface area contributed by atoms with Crippen LogP contribution in [-0.4, -0.2) is 23.6 Å². The van der Waals surface area contributed by atoms with Crippen LogP contribution in [0, 0.1) is 0 Å². The number of benzene rings is 1. The van der Waals surface area contributed by atoms with Gasteiger partial charge in [-0.15, -0.1) is 0 Å². The van der Waals surface area contributed by atoms with E-state index in [0.717, 1.165) is 12.5 Å². The van der Waals surface area contributed by atoms with E-state index in [1.54, 1.807) is 0 Å². The third-order valence-corrected chi connectivity index (χ3v) is 3.69. The number of primary amides is 1. The summed E-state index contributed by atoms with van der Waals surface area (Å²) in [7, 11) is 0. The number of hydrogen-bond acceptors (Lipinski definition) is 3. The van der Waals surface area contributed by atoms with Crippen molar-refractivity contribution in [2.75, 3.05) is 11.4 Å². The Kier molecular flexibility index (Phi) is 4.41. The Morgan fingerprint density at radius 2 is 2.10 bits per heavy atom. The largest absolute Gasteiger partial charge is 0.418 e. The number of alkyl halides is 3. The van der Waals surface area contributed by atoms with Gasteiger partial charge < -0.3 is 15.7 Å². The summed E-state index contributed by atoms with van der Waals surface area (Å²) in [6.45, 7) is -0.113. The lowest BCUT2D eigenvalue weighted by molar-refractivity contribution is -0.137. The lowest BCUT2D eigenvalue weighted by atomic mass is 9.98. The lowest BCUT2D eigenvalue weighted by Gasteiger charge is -2.37.